The summed E-state index contributed by atoms with van der Waals surface area (Å²) in [4.78, 5) is 18.9. The Labute approximate surface area is 191 Å². The number of pyridine rings is 1. The van der Waals surface area contributed by atoms with E-state index in [1.807, 2.05) is 11.8 Å². The van der Waals surface area contributed by atoms with Crippen molar-refractivity contribution >= 4 is 27.5 Å². The minimum absolute atomic E-state index is 0.0491. The standard InChI is InChI=1S/C22H25F2N5O3S/c1-3-10-27(2)33(31,32)26-22(30)20-13-25-21-9-7-16(14-29(20)21)28-11-4-5-19(28)17-12-15(23)6-8-18(17)24/h6-9,12-14,19H,3-5,10-11H2,1-2H3,(H,26,30)/t19-/m1/s1. The number of amides is 1. The third-order valence-electron chi connectivity index (χ3n) is 5.79. The molecule has 0 spiro atoms. The first-order valence-electron chi connectivity index (χ1n) is 10.7. The molecule has 0 bridgehead atoms. The molecule has 33 heavy (non-hydrogen) atoms. The lowest BCUT2D eigenvalue weighted by Crippen LogP contribution is -2.42. The molecule has 1 atom stereocenters. The van der Waals surface area contributed by atoms with Crippen molar-refractivity contribution in [2.24, 2.45) is 0 Å². The number of halogens is 2. The first-order valence-corrected chi connectivity index (χ1v) is 12.1. The summed E-state index contributed by atoms with van der Waals surface area (Å²) < 4.78 is 57.6. The average molecular weight is 478 g/mol. The molecule has 1 saturated heterocycles. The molecule has 1 aliphatic heterocycles. The Kier molecular flexibility index (Phi) is 6.35. The van der Waals surface area contributed by atoms with E-state index in [4.69, 9.17) is 0 Å². The van der Waals surface area contributed by atoms with Crippen LogP contribution < -0.4 is 9.62 Å². The van der Waals surface area contributed by atoms with Gasteiger partial charge in [0, 0.05) is 31.9 Å². The first kappa shape index (κ1) is 23.1. The monoisotopic (exact) mass is 477 g/mol. The van der Waals surface area contributed by atoms with Crippen molar-refractivity contribution in [1.29, 1.82) is 0 Å². The lowest BCUT2D eigenvalue weighted by molar-refractivity contribution is 0.0973. The fourth-order valence-corrected chi connectivity index (χ4v) is 5.08. The summed E-state index contributed by atoms with van der Waals surface area (Å²) in [6.45, 7) is 2.73. The third kappa shape index (κ3) is 4.55. The van der Waals surface area contributed by atoms with Crippen LogP contribution in [0, 0.1) is 11.6 Å². The average Bonchev–Trinajstić information content (AvgIpc) is 3.42. The lowest BCUT2D eigenvalue weighted by Gasteiger charge is -2.27. The van der Waals surface area contributed by atoms with Crippen molar-refractivity contribution in [2.45, 2.75) is 32.2 Å². The molecule has 0 radical (unpaired) electrons. The van der Waals surface area contributed by atoms with Gasteiger partial charge in [-0.15, -0.1) is 0 Å². The maximum atomic E-state index is 14.4. The van der Waals surface area contributed by atoms with Crippen LogP contribution in [0.1, 0.15) is 48.3 Å². The number of hydrogen-bond donors (Lipinski definition) is 1. The summed E-state index contributed by atoms with van der Waals surface area (Å²) in [6.07, 6.45) is 5.01. The lowest BCUT2D eigenvalue weighted by atomic mass is 10.0. The van der Waals surface area contributed by atoms with Crippen LogP contribution in [0.15, 0.2) is 42.7 Å². The van der Waals surface area contributed by atoms with E-state index in [0.29, 0.717) is 30.7 Å². The van der Waals surface area contributed by atoms with E-state index in [2.05, 4.69) is 9.71 Å². The van der Waals surface area contributed by atoms with Crippen LogP contribution in [-0.2, 0) is 10.2 Å². The zero-order valence-corrected chi connectivity index (χ0v) is 19.1. The van der Waals surface area contributed by atoms with Gasteiger partial charge in [-0.1, -0.05) is 6.92 Å². The van der Waals surface area contributed by atoms with Crippen molar-refractivity contribution in [1.82, 2.24) is 18.4 Å². The molecule has 1 fully saturated rings. The van der Waals surface area contributed by atoms with Crippen LogP contribution in [0.5, 0.6) is 0 Å². The van der Waals surface area contributed by atoms with E-state index in [-0.39, 0.29) is 23.8 Å². The zero-order valence-electron chi connectivity index (χ0n) is 18.3. The van der Waals surface area contributed by atoms with Crippen LogP contribution in [-0.4, -0.2) is 48.2 Å². The van der Waals surface area contributed by atoms with Gasteiger partial charge in [0.25, 0.3) is 5.91 Å². The highest BCUT2D eigenvalue weighted by molar-refractivity contribution is 7.87. The van der Waals surface area contributed by atoms with Crippen molar-refractivity contribution in [3.05, 3.63) is 65.6 Å². The van der Waals surface area contributed by atoms with Crippen LogP contribution >= 0.6 is 0 Å². The number of hydrogen-bond acceptors (Lipinski definition) is 5. The van der Waals surface area contributed by atoms with Crippen molar-refractivity contribution in [3.8, 4) is 0 Å². The van der Waals surface area contributed by atoms with Gasteiger partial charge in [-0.3, -0.25) is 9.20 Å². The number of rotatable bonds is 7. The van der Waals surface area contributed by atoms with E-state index in [1.54, 1.807) is 18.3 Å². The summed E-state index contributed by atoms with van der Waals surface area (Å²) in [5.74, 6) is -1.79. The van der Waals surface area contributed by atoms with Crippen molar-refractivity contribution in [2.75, 3.05) is 25.0 Å². The maximum absolute atomic E-state index is 14.4. The molecule has 1 aromatic carbocycles. The van der Waals surface area contributed by atoms with Gasteiger partial charge in [-0.05, 0) is 49.6 Å². The highest BCUT2D eigenvalue weighted by Gasteiger charge is 2.30. The number of imidazole rings is 1. The number of benzene rings is 1. The normalized spacial score (nSPS) is 16.6. The summed E-state index contributed by atoms with van der Waals surface area (Å²) in [6, 6.07) is 6.56. The van der Waals surface area contributed by atoms with Gasteiger partial charge in [-0.2, -0.15) is 12.7 Å². The Hall–Kier alpha value is -3.05. The van der Waals surface area contributed by atoms with E-state index in [0.717, 1.165) is 22.9 Å². The van der Waals surface area contributed by atoms with Crippen LogP contribution in [0.4, 0.5) is 14.5 Å². The quantitative estimate of drug-likeness (QED) is 0.565. The van der Waals surface area contributed by atoms with Gasteiger partial charge < -0.3 is 4.90 Å². The molecule has 0 saturated carbocycles. The number of carbonyl (C=O) groups excluding carboxylic acids is 1. The molecule has 1 amide bonds. The predicted octanol–water partition coefficient (Wildman–Crippen LogP) is 3.27. The highest BCUT2D eigenvalue weighted by atomic mass is 32.2. The van der Waals surface area contributed by atoms with E-state index >= 15 is 0 Å². The molecule has 3 aromatic rings. The molecule has 3 heterocycles. The molecular formula is C22H25F2N5O3S. The highest BCUT2D eigenvalue weighted by Crippen LogP contribution is 2.37. The molecule has 11 heteroatoms. The third-order valence-corrected chi connectivity index (χ3v) is 7.24. The fraction of sp³-hybridized carbons (Fsp3) is 0.364. The molecule has 0 unspecified atom stereocenters. The Balaban J connectivity index is 1.65. The Morgan fingerprint density at radius 3 is 2.82 bits per heavy atom. The second-order valence-corrected chi connectivity index (χ2v) is 9.81. The van der Waals surface area contributed by atoms with Gasteiger partial charge in [-0.25, -0.2) is 18.5 Å². The van der Waals surface area contributed by atoms with Gasteiger partial charge in [0.05, 0.1) is 17.9 Å². The summed E-state index contributed by atoms with van der Waals surface area (Å²) in [7, 11) is -2.60. The van der Waals surface area contributed by atoms with Gasteiger partial charge in [0.2, 0.25) is 0 Å². The van der Waals surface area contributed by atoms with E-state index in [9.17, 15) is 22.0 Å². The van der Waals surface area contributed by atoms with Crippen molar-refractivity contribution < 1.29 is 22.0 Å². The first-order chi connectivity index (χ1) is 15.7. The smallest absolute Gasteiger partial charge is 0.303 e. The second kappa shape index (κ2) is 9.06. The number of nitrogens with zero attached hydrogens (tertiary/aromatic N) is 4. The molecule has 2 aromatic heterocycles. The van der Waals surface area contributed by atoms with E-state index in [1.165, 1.54) is 23.7 Å². The van der Waals surface area contributed by atoms with Gasteiger partial charge in [0.1, 0.15) is 23.0 Å². The number of aromatic nitrogens is 2. The van der Waals surface area contributed by atoms with E-state index < -0.39 is 27.8 Å². The van der Waals surface area contributed by atoms with Crippen molar-refractivity contribution in [3.63, 3.8) is 0 Å². The minimum Gasteiger partial charge on any atom is -0.363 e. The second-order valence-electron chi connectivity index (χ2n) is 8.03. The predicted molar refractivity (Wildman–Crippen MR) is 120 cm³/mol. The Morgan fingerprint density at radius 1 is 1.27 bits per heavy atom. The molecule has 0 aliphatic carbocycles. The van der Waals surface area contributed by atoms with Gasteiger partial charge in [0.15, 0.2) is 0 Å². The largest absolute Gasteiger partial charge is 0.363 e. The SMILES string of the molecule is CCCN(C)S(=O)(=O)NC(=O)c1cnc2ccc(N3CCC[C@@H]3c3cc(F)ccc3F)cn12. The summed E-state index contributed by atoms with van der Waals surface area (Å²) >= 11 is 0. The number of nitrogens with one attached hydrogen (secondary N) is 1. The Bertz CT molecular complexity index is 1290. The molecule has 176 valence electrons. The molecule has 8 nitrogen and oxygen atoms in total. The summed E-state index contributed by atoms with van der Waals surface area (Å²) in [5.41, 5.74) is 1.47. The maximum Gasteiger partial charge on any atom is 0.303 e. The molecular weight excluding hydrogens is 452 g/mol. The van der Waals surface area contributed by atoms with Crippen LogP contribution in [0.2, 0.25) is 0 Å². The minimum atomic E-state index is -3.99. The van der Waals surface area contributed by atoms with Crippen LogP contribution in [0.3, 0.4) is 0 Å². The van der Waals surface area contributed by atoms with Crippen LogP contribution in [0.25, 0.3) is 5.65 Å². The number of carbonyl (C=O) groups is 1. The Morgan fingerprint density at radius 2 is 2.06 bits per heavy atom. The van der Waals surface area contributed by atoms with Gasteiger partial charge >= 0.3 is 10.2 Å². The molecule has 4 rings (SSSR count). The molecule has 1 aliphatic rings. The number of anilines is 1. The molecule has 1 N–H and O–H groups in total. The number of fused-ring (bicyclic) bond motifs is 1. The summed E-state index contributed by atoms with van der Waals surface area (Å²) in [5, 5.41) is 0. The fourth-order valence-electron chi connectivity index (χ4n) is 4.16. The zero-order chi connectivity index (χ0) is 23.8. The topological polar surface area (TPSA) is 87.0 Å².